The van der Waals surface area contributed by atoms with Crippen LogP contribution in [0.15, 0.2) is 6.20 Å². The van der Waals surface area contributed by atoms with Gasteiger partial charge in [0.15, 0.2) is 5.69 Å². The number of methoxy groups -OCH3 is 1. The van der Waals surface area contributed by atoms with Crippen LogP contribution in [0, 0.1) is 7.05 Å². The van der Waals surface area contributed by atoms with Crippen LogP contribution in [0.1, 0.15) is 10.5 Å². The molecule has 0 saturated heterocycles. The minimum absolute atomic E-state index is 0.164. The first kappa shape index (κ1) is 6.73. The summed E-state index contributed by atoms with van der Waals surface area (Å²) in [7, 11) is 4.68. The molecule has 0 saturated carbocycles. The summed E-state index contributed by atoms with van der Waals surface area (Å²) in [5.74, 6) is -0.505. The summed E-state index contributed by atoms with van der Waals surface area (Å²) in [4.78, 5) is 10.7. The second kappa shape index (κ2) is 2.47. The summed E-state index contributed by atoms with van der Waals surface area (Å²) >= 11 is 0. The van der Waals surface area contributed by atoms with Crippen LogP contribution in [-0.4, -0.2) is 28.1 Å². The Bertz CT molecular complexity index is 243. The molecule has 53 valence electrons. The Morgan fingerprint density at radius 1 is 1.90 bits per heavy atom. The summed E-state index contributed by atoms with van der Waals surface area (Å²) in [6.07, 6.45) is 1.38. The highest BCUT2D eigenvalue weighted by molar-refractivity contribution is 5.86. The highest BCUT2D eigenvalue weighted by Crippen LogP contribution is 1.92. The molecule has 1 radical (unpaired) electrons. The molecule has 0 aliphatic rings. The van der Waals surface area contributed by atoms with Gasteiger partial charge in [0.1, 0.15) is 0 Å². The summed E-state index contributed by atoms with van der Waals surface area (Å²) < 4.78 is 5.55. The first-order valence-electron chi connectivity index (χ1n) is 2.55. The van der Waals surface area contributed by atoms with Crippen molar-refractivity contribution in [3.05, 3.63) is 18.9 Å². The molecule has 0 aliphatic carbocycles. The summed E-state index contributed by atoms with van der Waals surface area (Å²) in [5, 5.41) is 6.90. The molecule has 0 fully saturated rings. The molecule has 0 bridgehead atoms. The number of nitrogens with zero attached hydrogens (tertiary/aromatic N) is 3. The van der Waals surface area contributed by atoms with Gasteiger partial charge in [-0.1, -0.05) is 5.21 Å². The monoisotopic (exact) mass is 140 g/mol. The first-order valence-corrected chi connectivity index (χ1v) is 2.55. The topological polar surface area (TPSA) is 57.0 Å². The van der Waals surface area contributed by atoms with E-state index < -0.39 is 5.97 Å². The van der Waals surface area contributed by atoms with Crippen LogP contribution in [0.4, 0.5) is 0 Å². The van der Waals surface area contributed by atoms with Crippen molar-refractivity contribution >= 4 is 5.97 Å². The molecule has 5 heteroatoms. The number of hydrogen-bond donors (Lipinski definition) is 0. The van der Waals surface area contributed by atoms with Gasteiger partial charge in [0.2, 0.25) is 0 Å². The number of rotatable bonds is 1. The van der Waals surface area contributed by atoms with Crippen LogP contribution < -0.4 is 0 Å². The molecular weight excluding hydrogens is 134 g/mol. The maximum atomic E-state index is 10.7. The maximum Gasteiger partial charge on any atom is 0.360 e. The molecule has 0 amide bonds. The summed E-state index contributed by atoms with van der Waals surface area (Å²) in [6, 6.07) is 0. The van der Waals surface area contributed by atoms with Crippen molar-refractivity contribution < 1.29 is 9.53 Å². The molecule has 0 N–H and O–H groups in total. The molecule has 0 aliphatic heterocycles. The van der Waals surface area contributed by atoms with Crippen LogP contribution in [0.25, 0.3) is 0 Å². The lowest BCUT2D eigenvalue weighted by Gasteiger charge is -1.88. The lowest BCUT2D eigenvalue weighted by molar-refractivity contribution is 0.0594. The molecule has 0 atom stereocenters. The van der Waals surface area contributed by atoms with E-state index in [0.717, 1.165) is 0 Å². The summed E-state index contributed by atoms with van der Waals surface area (Å²) in [5.41, 5.74) is 0.164. The quantitative estimate of drug-likeness (QED) is 0.503. The largest absolute Gasteiger partial charge is 0.464 e. The predicted octanol–water partition coefficient (Wildman–Crippen LogP) is -0.296. The van der Waals surface area contributed by atoms with E-state index in [1.165, 1.54) is 18.0 Å². The van der Waals surface area contributed by atoms with Gasteiger partial charge in [0, 0.05) is 0 Å². The van der Waals surface area contributed by atoms with Gasteiger partial charge in [-0.15, -0.1) is 5.10 Å². The SMILES string of the molecule is [CH2]n1cc(C(=O)OC)nn1. The van der Waals surface area contributed by atoms with Crippen LogP contribution in [0.5, 0.6) is 0 Å². The fraction of sp³-hybridized carbons (Fsp3) is 0.200. The molecule has 1 rings (SSSR count). The Balaban J connectivity index is 2.85. The maximum absolute atomic E-state index is 10.7. The van der Waals surface area contributed by atoms with Gasteiger partial charge in [-0.3, -0.25) is 0 Å². The van der Waals surface area contributed by atoms with Crippen molar-refractivity contribution in [3.63, 3.8) is 0 Å². The normalized spacial score (nSPS) is 9.40. The summed E-state index contributed by atoms with van der Waals surface area (Å²) in [6.45, 7) is 0. The van der Waals surface area contributed by atoms with Gasteiger partial charge >= 0.3 is 5.97 Å². The number of hydrogen-bond acceptors (Lipinski definition) is 4. The number of aromatic nitrogens is 3. The fourth-order valence-electron chi connectivity index (χ4n) is 0.497. The molecule has 5 nitrogen and oxygen atoms in total. The van der Waals surface area contributed by atoms with E-state index >= 15 is 0 Å². The third-order valence-electron chi connectivity index (χ3n) is 0.933. The van der Waals surface area contributed by atoms with Crippen molar-refractivity contribution in [1.29, 1.82) is 0 Å². The van der Waals surface area contributed by atoms with E-state index in [2.05, 4.69) is 22.1 Å². The average molecular weight is 140 g/mol. The zero-order chi connectivity index (χ0) is 7.56. The van der Waals surface area contributed by atoms with Gasteiger partial charge in [-0.05, 0) is 0 Å². The number of ether oxygens (including phenoxy) is 1. The Hall–Kier alpha value is -1.39. The predicted molar refractivity (Wildman–Crippen MR) is 32.1 cm³/mol. The first-order chi connectivity index (χ1) is 4.74. The third kappa shape index (κ3) is 1.12. The van der Waals surface area contributed by atoms with Crippen molar-refractivity contribution in [1.82, 2.24) is 15.0 Å². The zero-order valence-corrected chi connectivity index (χ0v) is 5.44. The second-order valence-corrected chi connectivity index (χ2v) is 1.63. The van der Waals surface area contributed by atoms with Crippen molar-refractivity contribution in [3.8, 4) is 0 Å². The fourth-order valence-corrected chi connectivity index (χ4v) is 0.497. The molecule has 0 aromatic carbocycles. The Morgan fingerprint density at radius 3 is 3.00 bits per heavy atom. The van der Waals surface area contributed by atoms with E-state index in [0.29, 0.717) is 0 Å². The van der Waals surface area contributed by atoms with Crippen molar-refractivity contribution in [2.75, 3.05) is 7.11 Å². The van der Waals surface area contributed by atoms with Crippen LogP contribution in [0.2, 0.25) is 0 Å². The minimum Gasteiger partial charge on any atom is -0.464 e. The Labute approximate surface area is 57.6 Å². The molecule has 1 aromatic heterocycles. The molecule has 1 aromatic rings. The Morgan fingerprint density at radius 2 is 2.60 bits per heavy atom. The standard InChI is InChI=1S/C5H6N3O2/c1-8-3-4(6-7-8)5(9)10-2/h3H,1H2,2H3. The average Bonchev–Trinajstić information content (AvgIpc) is 2.34. The van der Waals surface area contributed by atoms with E-state index in [1.54, 1.807) is 0 Å². The number of carbonyl (C=O) groups excluding carboxylic acids is 1. The Kier molecular flexibility index (Phi) is 1.66. The van der Waals surface area contributed by atoms with Gasteiger partial charge in [0.25, 0.3) is 0 Å². The van der Waals surface area contributed by atoms with Crippen molar-refractivity contribution in [2.24, 2.45) is 0 Å². The molecule has 0 unspecified atom stereocenters. The molecular formula is C5H6N3O2. The van der Waals surface area contributed by atoms with Crippen LogP contribution in [0.3, 0.4) is 0 Å². The zero-order valence-electron chi connectivity index (χ0n) is 5.44. The van der Waals surface area contributed by atoms with E-state index in [1.807, 2.05) is 0 Å². The number of carbonyl (C=O) groups is 1. The lowest BCUT2D eigenvalue weighted by atomic mass is 10.5. The van der Waals surface area contributed by atoms with Gasteiger partial charge in [-0.2, -0.15) is 0 Å². The minimum atomic E-state index is -0.505. The van der Waals surface area contributed by atoms with Crippen LogP contribution in [-0.2, 0) is 4.74 Å². The van der Waals surface area contributed by atoms with E-state index in [4.69, 9.17) is 0 Å². The van der Waals surface area contributed by atoms with E-state index in [9.17, 15) is 4.79 Å². The molecule has 10 heavy (non-hydrogen) atoms. The third-order valence-corrected chi connectivity index (χ3v) is 0.933. The molecule has 1 heterocycles. The van der Waals surface area contributed by atoms with Crippen LogP contribution >= 0.6 is 0 Å². The highest BCUT2D eigenvalue weighted by Gasteiger charge is 2.07. The number of esters is 1. The smallest absolute Gasteiger partial charge is 0.360 e. The van der Waals surface area contributed by atoms with Crippen molar-refractivity contribution in [2.45, 2.75) is 0 Å². The van der Waals surface area contributed by atoms with Gasteiger partial charge < -0.3 is 4.74 Å². The van der Waals surface area contributed by atoms with Gasteiger partial charge in [-0.25, -0.2) is 9.48 Å². The second-order valence-electron chi connectivity index (χ2n) is 1.63. The lowest BCUT2D eigenvalue weighted by Crippen LogP contribution is -2.00. The molecule has 0 spiro atoms. The van der Waals surface area contributed by atoms with Gasteiger partial charge in [0.05, 0.1) is 20.4 Å². The highest BCUT2D eigenvalue weighted by atomic mass is 16.5. The van der Waals surface area contributed by atoms with E-state index in [-0.39, 0.29) is 5.69 Å².